The van der Waals surface area contributed by atoms with Gasteiger partial charge in [-0.1, -0.05) is 18.2 Å². The molecular weight excluding hydrogens is 290 g/mol. The Morgan fingerprint density at radius 3 is 3.13 bits per heavy atom. The Kier molecular flexibility index (Phi) is 3.26. The summed E-state index contributed by atoms with van der Waals surface area (Å²) >= 11 is 0. The Morgan fingerprint density at radius 2 is 2.22 bits per heavy atom. The molecule has 2 atom stereocenters. The lowest BCUT2D eigenvalue weighted by atomic mass is 9.94. The molecule has 1 amide bonds. The largest absolute Gasteiger partial charge is 0.493 e. The number of amides is 1. The molecule has 23 heavy (non-hydrogen) atoms. The zero-order valence-corrected chi connectivity index (χ0v) is 12.7. The monoisotopic (exact) mass is 307 g/mol. The molecule has 0 bridgehead atoms. The second-order valence-electron chi connectivity index (χ2n) is 5.85. The Morgan fingerprint density at radius 1 is 1.35 bits per heavy atom. The van der Waals surface area contributed by atoms with Crippen LogP contribution in [0.15, 0.2) is 48.8 Å². The topological polar surface area (TPSA) is 67.0 Å². The zero-order chi connectivity index (χ0) is 15.8. The van der Waals surface area contributed by atoms with Crippen LogP contribution in [-0.4, -0.2) is 28.5 Å². The highest BCUT2D eigenvalue weighted by Crippen LogP contribution is 2.35. The van der Waals surface area contributed by atoms with Crippen molar-refractivity contribution in [3.8, 4) is 5.75 Å². The van der Waals surface area contributed by atoms with Crippen LogP contribution in [0.4, 0.5) is 0 Å². The first-order chi connectivity index (χ1) is 11.2. The van der Waals surface area contributed by atoms with Crippen molar-refractivity contribution in [3.05, 3.63) is 59.9 Å². The van der Waals surface area contributed by atoms with Gasteiger partial charge in [-0.05, 0) is 31.2 Å². The van der Waals surface area contributed by atoms with Crippen LogP contribution < -0.4 is 10.1 Å². The number of hydrogen-bond acceptors (Lipinski definition) is 3. The number of para-hydroxylation sites is 1. The van der Waals surface area contributed by atoms with Gasteiger partial charge in [-0.15, -0.1) is 0 Å². The SMILES string of the molecule is CC(NC(=O)c1ccc2nc[nH]c2c1)C1COc2ccccc21. The molecule has 0 radical (unpaired) electrons. The van der Waals surface area contributed by atoms with Crippen LogP contribution in [0, 0.1) is 0 Å². The summed E-state index contributed by atoms with van der Waals surface area (Å²) in [6.07, 6.45) is 1.63. The summed E-state index contributed by atoms with van der Waals surface area (Å²) in [7, 11) is 0. The number of nitrogens with one attached hydrogen (secondary N) is 2. The smallest absolute Gasteiger partial charge is 0.251 e. The van der Waals surface area contributed by atoms with Gasteiger partial charge in [0, 0.05) is 23.1 Å². The number of nitrogens with zero attached hydrogens (tertiary/aromatic N) is 1. The van der Waals surface area contributed by atoms with Gasteiger partial charge in [0.1, 0.15) is 5.75 Å². The van der Waals surface area contributed by atoms with Crippen LogP contribution in [0.25, 0.3) is 11.0 Å². The lowest BCUT2D eigenvalue weighted by Crippen LogP contribution is -2.37. The highest BCUT2D eigenvalue weighted by Gasteiger charge is 2.29. The molecule has 116 valence electrons. The number of carbonyl (C=O) groups excluding carboxylic acids is 1. The van der Waals surface area contributed by atoms with Gasteiger partial charge in [0.2, 0.25) is 0 Å². The first-order valence-electron chi connectivity index (χ1n) is 7.68. The third kappa shape index (κ3) is 2.44. The van der Waals surface area contributed by atoms with E-state index in [4.69, 9.17) is 4.74 Å². The molecule has 0 aliphatic carbocycles. The van der Waals surface area contributed by atoms with Gasteiger partial charge >= 0.3 is 0 Å². The Labute approximate surface area is 133 Å². The highest BCUT2D eigenvalue weighted by molar-refractivity contribution is 5.97. The van der Waals surface area contributed by atoms with E-state index in [1.54, 1.807) is 12.4 Å². The third-order valence-electron chi connectivity index (χ3n) is 4.38. The average molecular weight is 307 g/mol. The van der Waals surface area contributed by atoms with Gasteiger partial charge < -0.3 is 15.0 Å². The number of rotatable bonds is 3. The highest BCUT2D eigenvalue weighted by atomic mass is 16.5. The summed E-state index contributed by atoms with van der Waals surface area (Å²) in [4.78, 5) is 19.7. The van der Waals surface area contributed by atoms with Crippen molar-refractivity contribution in [2.45, 2.75) is 18.9 Å². The average Bonchev–Trinajstić information content (AvgIpc) is 3.20. The fourth-order valence-electron chi connectivity index (χ4n) is 3.07. The molecule has 3 aromatic rings. The van der Waals surface area contributed by atoms with Crippen molar-refractivity contribution in [1.82, 2.24) is 15.3 Å². The first-order valence-corrected chi connectivity index (χ1v) is 7.68. The van der Waals surface area contributed by atoms with Crippen LogP contribution >= 0.6 is 0 Å². The molecule has 2 N–H and O–H groups in total. The van der Waals surface area contributed by atoms with Crippen LogP contribution in [0.2, 0.25) is 0 Å². The second kappa shape index (κ2) is 5.43. The minimum absolute atomic E-state index is 0.0105. The van der Waals surface area contributed by atoms with E-state index in [2.05, 4.69) is 21.4 Å². The number of imidazole rings is 1. The molecule has 2 aromatic carbocycles. The lowest BCUT2D eigenvalue weighted by Gasteiger charge is -2.20. The van der Waals surface area contributed by atoms with Crippen LogP contribution in [0.5, 0.6) is 5.75 Å². The van der Waals surface area contributed by atoms with E-state index in [1.165, 1.54) is 0 Å². The number of hydrogen-bond donors (Lipinski definition) is 2. The van der Waals surface area contributed by atoms with E-state index in [1.807, 2.05) is 37.3 Å². The second-order valence-corrected chi connectivity index (χ2v) is 5.85. The van der Waals surface area contributed by atoms with E-state index in [0.717, 1.165) is 22.3 Å². The molecule has 1 aliphatic heterocycles. The number of fused-ring (bicyclic) bond motifs is 2. The molecular formula is C18H17N3O2. The van der Waals surface area contributed by atoms with Crippen LogP contribution in [0.1, 0.15) is 28.8 Å². The Balaban J connectivity index is 1.52. The van der Waals surface area contributed by atoms with E-state index in [-0.39, 0.29) is 17.9 Å². The third-order valence-corrected chi connectivity index (χ3v) is 4.38. The van der Waals surface area contributed by atoms with Crippen molar-refractivity contribution >= 4 is 16.9 Å². The van der Waals surface area contributed by atoms with Gasteiger partial charge in [0.15, 0.2) is 0 Å². The maximum absolute atomic E-state index is 12.5. The zero-order valence-electron chi connectivity index (χ0n) is 12.7. The molecule has 0 fully saturated rings. The Bertz CT molecular complexity index is 871. The number of ether oxygens (including phenoxy) is 1. The summed E-state index contributed by atoms with van der Waals surface area (Å²) in [6.45, 7) is 2.61. The van der Waals surface area contributed by atoms with Gasteiger partial charge in [0.25, 0.3) is 5.91 Å². The fraction of sp³-hybridized carbons (Fsp3) is 0.222. The standard InChI is InChI=1S/C18H17N3O2/c1-11(14-9-23-17-5-3-2-4-13(14)17)21-18(22)12-6-7-15-16(8-12)20-10-19-15/h2-8,10-11,14H,9H2,1H3,(H,19,20)(H,21,22). The van der Waals surface area contributed by atoms with E-state index >= 15 is 0 Å². The maximum Gasteiger partial charge on any atom is 0.251 e. The molecule has 5 nitrogen and oxygen atoms in total. The fourth-order valence-corrected chi connectivity index (χ4v) is 3.07. The predicted molar refractivity (Wildman–Crippen MR) is 87.7 cm³/mol. The predicted octanol–water partition coefficient (Wildman–Crippen LogP) is 2.86. The first kappa shape index (κ1) is 13.8. The molecule has 5 heteroatoms. The number of aromatic nitrogens is 2. The summed E-state index contributed by atoms with van der Waals surface area (Å²) < 4.78 is 5.70. The van der Waals surface area contributed by atoms with E-state index in [9.17, 15) is 4.79 Å². The number of H-pyrrole nitrogens is 1. The van der Waals surface area contributed by atoms with Gasteiger partial charge in [-0.25, -0.2) is 4.98 Å². The number of benzene rings is 2. The van der Waals surface area contributed by atoms with Crippen molar-refractivity contribution in [2.75, 3.05) is 6.61 Å². The van der Waals surface area contributed by atoms with Crippen LogP contribution in [-0.2, 0) is 0 Å². The minimum atomic E-state index is -0.0848. The number of aromatic amines is 1. The summed E-state index contributed by atoms with van der Waals surface area (Å²) in [5.74, 6) is 1.00. The lowest BCUT2D eigenvalue weighted by molar-refractivity contribution is 0.0932. The molecule has 2 heterocycles. The van der Waals surface area contributed by atoms with E-state index < -0.39 is 0 Å². The van der Waals surface area contributed by atoms with Crippen molar-refractivity contribution in [3.63, 3.8) is 0 Å². The molecule has 2 unspecified atom stereocenters. The van der Waals surface area contributed by atoms with Gasteiger partial charge in [-0.3, -0.25) is 4.79 Å². The van der Waals surface area contributed by atoms with Crippen molar-refractivity contribution in [1.29, 1.82) is 0 Å². The molecule has 4 rings (SSSR count). The summed E-state index contributed by atoms with van der Waals surface area (Å²) in [5, 5.41) is 3.08. The molecule has 0 saturated carbocycles. The van der Waals surface area contributed by atoms with Gasteiger partial charge in [0.05, 0.1) is 24.0 Å². The molecule has 1 aliphatic rings. The number of carbonyl (C=O) groups is 1. The minimum Gasteiger partial charge on any atom is -0.493 e. The normalized spacial score (nSPS) is 17.5. The maximum atomic E-state index is 12.5. The summed E-state index contributed by atoms with van der Waals surface area (Å²) in [6, 6.07) is 13.4. The molecule has 0 spiro atoms. The Hall–Kier alpha value is -2.82. The van der Waals surface area contributed by atoms with Crippen LogP contribution in [0.3, 0.4) is 0 Å². The van der Waals surface area contributed by atoms with Crippen molar-refractivity contribution in [2.24, 2.45) is 0 Å². The van der Waals surface area contributed by atoms with Crippen molar-refractivity contribution < 1.29 is 9.53 Å². The quantitative estimate of drug-likeness (QED) is 0.782. The molecule has 1 aromatic heterocycles. The van der Waals surface area contributed by atoms with Gasteiger partial charge in [-0.2, -0.15) is 0 Å². The summed E-state index contributed by atoms with van der Waals surface area (Å²) in [5.41, 5.74) is 3.50. The van der Waals surface area contributed by atoms with E-state index in [0.29, 0.717) is 12.2 Å². The molecule has 0 saturated heterocycles.